The predicted molar refractivity (Wildman–Crippen MR) is 118 cm³/mol. The molecule has 1 atom stereocenters. The Morgan fingerprint density at radius 1 is 1.24 bits per heavy atom. The Balaban J connectivity index is 2.11. The van der Waals surface area contributed by atoms with Crippen molar-refractivity contribution in [1.29, 1.82) is 0 Å². The molecule has 0 aromatic heterocycles. The molecule has 0 radical (unpaired) electrons. The number of carbonyl (C=O) groups is 1. The summed E-state index contributed by atoms with van der Waals surface area (Å²) in [6, 6.07) is 8.48. The average Bonchev–Trinajstić information content (AvgIpc) is 3.24. The maximum absolute atomic E-state index is 11.9. The second-order valence-electron chi connectivity index (χ2n) is 7.68. The second kappa shape index (κ2) is 11.5. The molecule has 29 heavy (non-hydrogen) atoms. The number of hydrogen-bond acceptors (Lipinski definition) is 4. The Morgan fingerprint density at radius 3 is 2.45 bits per heavy atom. The lowest BCUT2D eigenvalue weighted by molar-refractivity contribution is -0.127. The van der Waals surface area contributed by atoms with Crippen LogP contribution in [0.1, 0.15) is 31.4 Å². The summed E-state index contributed by atoms with van der Waals surface area (Å²) >= 11 is 0. The maximum atomic E-state index is 11.9. The van der Waals surface area contributed by atoms with Crippen molar-refractivity contribution in [2.75, 3.05) is 53.9 Å². The van der Waals surface area contributed by atoms with Gasteiger partial charge in [-0.3, -0.25) is 9.69 Å². The lowest BCUT2D eigenvalue weighted by Gasteiger charge is -2.29. The van der Waals surface area contributed by atoms with Crippen molar-refractivity contribution in [3.05, 3.63) is 42.0 Å². The first kappa shape index (κ1) is 22.7. The predicted octanol–water partition coefficient (Wildman–Crippen LogP) is 2.03. The summed E-state index contributed by atoms with van der Waals surface area (Å²) in [5.74, 6) is 1.45. The van der Waals surface area contributed by atoms with E-state index < -0.39 is 0 Å². The molecule has 2 rings (SSSR count). The van der Waals surface area contributed by atoms with E-state index >= 15 is 0 Å². The quantitative estimate of drug-likeness (QED) is 0.376. The van der Waals surface area contributed by atoms with Crippen LogP contribution in [0.25, 0.3) is 0 Å². The number of likely N-dealkylation sites (N-methyl/N-ethyl adjacent to an activating group) is 1. The summed E-state index contributed by atoms with van der Waals surface area (Å²) in [6.07, 6.45) is 2.44. The summed E-state index contributed by atoms with van der Waals surface area (Å²) in [7, 11) is 5.15. The first-order valence-electron chi connectivity index (χ1n) is 10.2. The zero-order valence-electron chi connectivity index (χ0n) is 18.2. The van der Waals surface area contributed by atoms with Gasteiger partial charge in [0.05, 0.1) is 13.2 Å². The summed E-state index contributed by atoms with van der Waals surface area (Å²) in [5.41, 5.74) is 2.24. The zero-order chi connectivity index (χ0) is 21.2. The number of nitrogens with one attached hydrogen (secondary N) is 2. The number of hydrogen-bond donors (Lipinski definition) is 2. The molecule has 1 saturated heterocycles. The van der Waals surface area contributed by atoms with E-state index in [2.05, 4.69) is 39.2 Å². The van der Waals surface area contributed by atoms with Crippen molar-refractivity contribution < 1.29 is 9.53 Å². The van der Waals surface area contributed by atoms with Crippen molar-refractivity contribution in [2.24, 2.45) is 4.99 Å². The van der Waals surface area contributed by atoms with E-state index in [0.717, 1.165) is 24.4 Å². The maximum Gasteiger partial charge on any atom is 0.243 e. The molecule has 7 heteroatoms. The fraction of sp³-hybridized carbons (Fsp3) is 0.545. The van der Waals surface area contributed by atoms with Crippen molar-refractivity contribution in [3.63, 3.8) is 0 Å². The van der Waals surface area contributed by atoms with E-state index in [4.69, 9.17) is 4.74 Å². The van der Waals surface area contributed by atoms with E-state index in [1.165, 1.54) is 18.4 Å². The van der Waals surface area contributed by atoms with E-state index in [1.54, 1.807) is 26.1 Å². The number of rotatable bonds is 9. The number of methoxy groups -OCH3 is 1. The molecule has 0 aliphatic carbocycles. The van der Waals surface area contributed by atoms with E-state index in [0.29, 0.717) is 19.0 Å². The lowest BCUT2D eigenvalue weighted by atomic mass is 10.1. The van der Waals surface area contributed by atoms with Crippen LogP contribution in [0.3, 0.4) is 0 Å². The molecular formula is C22H35N5O2. The fourth-order valence-electron chi connectivity index (χ4n) is 3.23. The highest BCUT2D eigenvalue weighted by Crippen LogP contribution is 2.26. The molecule has 0 saturated carbocycles. The Hall–Kier alpha value is -2.54. The fourth-order valence-corrected chi connectivity index (χ4v) is 3.23. The molecule has 1 fully saturated rings. The van der Waals surface area contributed by atoms with E-state index in [9.17, 15) is 4.79 Å². The van der Waals surface area contributed by atoms with Gasteiger partial charge >= 0.3 is 0 Å². The molecule has 1 aliphatic rings. The minimum atomic E-state index is -0.0346. The first-order valence-corrected chi connectivity index (χ1v) is 10.2. The van der Waals surface area contributed by atoms with Gasteiger partial charge < -0.3 is 20.3 Å². The van der Waals surface area contributed by atoms with Gasteiger partial charge in [0.1, 0.15) is 12.3 Å². The number of benzene rings is 1. The second-order valence-corrected chi connectivity index (χ2v) is 7.68. The van der Waals surface area contributed by atoms with Gasteiger partial charge in [0.25, 0.3) is 0 Å². The van der Waals surface area contributed by atoms with Crippen LogP contribution in [-0.2, 0) is 4.79 Å². The van der Waals surface area contributed by atoms with Crippen LogP contribution in [0, 0.1) is 0 Å². The molecule has 1 amide bonds. The average molecular weight is 402 g/mol. The van der Waals surface area contributed by atoms with Crippen LogP contribution < -0.4 is 15.4 Å². The highest BCUT2D eigenvalue weighted by molar-refractivity contribution is 5.84. The van der Waals surface area contributed by atoms with Gasteiger partial charge in [-0.05, 0) is 50.6 Å². The molecule has 1 heterocycles. The standard InChI is InChI=1S/C22H35N5O2/c1-17(2)14-23-22(25-16-21(28)26(3)4)24-15-20(27-12-6-7-13-27)18-8-10-19(29-5)11-9-18/h8-11,20H,1,6-7,12-16H2,2-5H3,(H2,23,24,25). The van der Waals surface area contributed by atoms with Crippen LogP contribution in [0.5, 0.6) is 5.75 Å². The number of nitrogens with zero attached hydrogens (tertiary/aromatic N) is 3. The van der Waals surface area contributed by atoms with E-state index in [-0.39, 0.29) is 18.5 Å². The number of carbonyl (C=O) groups excluding carboxylic acids is 1. The van der Waals surface area contributed by atoms with Gasteiger partial charge in [0.2, 0.25) is 5.91 Å². The van der Waals surface area contributed by atoms with Crippen LogP contribution in [-0.4, -0.2) is 75.6 Å². The minimum absolute atomic E-state index is 0.0346. The molecule has 1 aromatic carbocycles. The topological polar surface area (TPSA) is 69.2 Å². The number of amides is 1. The third-order valence-electron chi connectivity index (χ3n) is 4.97. The van der Waals surface area contributed by atoms with Crippen LogP contribution in [0.4, 0.5) is 0 Å². The number of likely N-dealkylation sites (tertiary alicyclic amines) is 1. The number of guanidine groups is 1. The highest BCUT2D eigenvalue weighted by Gasteiger charge is 2.23. The molecule has 0 spiro atoms. The Labute approximate surface area is 174 Å². The monoisotopic (exact) mass is 401 g/mol. The third kappa shape index (κ3) is 7.42. The third-order valence-corrected chi connectivity index (χ3v) is 4.97. The van der Waals surface area contributed by atoms with Gasteiger partial charge in [-0.2, -0.15) is 0 Å². The van der Waals surface area contributed by atoms with Crippen LogP contribution in [0.15, 0.2) is 41.4 Å². The van der Waals surface area contributed by atoms with Gasteiger partial charge in [0.15, 0.2) is 5.96 Å². The Kier molecular flexibility index (Phi) is 8.99. The largest absolute Gasteiger partial charge is 0.497 e. The number of ether oxygens (including phenoxy) is 1. The highest BCUT2D eigenvalue weighted by atomic mass is 16.5. The first-order chi connectivity index (χ1) is 13.9. The Morgan fingerprint density at radius 2 is 1.90 bits per heavy atom. The van der Waals surface area contributed by atoms with Crippen molar-refractivity contribution in [1.82, 2.24) is 20.4 Å². The van der Waals surface area contributed by atoms with Gasteiger partial charge in [-0.1, -0.05) is 24.3 Å². The Bertz CT molecular complexity index is 694. The molecule has 7 nitrogen and oxygen atoms in total. The molecule has 2 N–H and O–H groups in total. The van der Waals surface area contributed by atoms with Crippen molar-refractivity contribution >= 4 is 11.9 Å². The zero-order valence-corrected chi connectivity index (χ0v) is 18.2. The molecule has 1 aromatic rings. The minimum Gasteiger partial charge on any atom is -0.497 e. The van der Waals surface area contributed by atoms with Crippen molar-refractivity contribution in [3.8, 4) is 5.75 Å². The van der Waals surface area contributed by atoms with Crippen LogP contribution in [0.2, 0.25) is 0 Å². The van der Waals surface area contributed by atoms with Gasteiger partial charge in [-0.15, -0.1) is 0 Å². The molecule has 160 valence electrons. The smallest absolute Gasteiger partial charge is 0.243 e. The summed E-state index contributed by atoms with van der Waals surface area (Å²) in [4.78, 5) is 20.4. The number of aliphatic imine (C=N–C) groups is 1. The van der Waals surface area contributed by atoms with Gasteiger partial charge in [0, 0.05) is 27.2 Å². The molecular weight excluding hydrogens is 366 g/mol. The molecule has 0 bridgehead atoms. The molecule has 1 unspecified atom stereocenters. The molecule has 1 aliphatic heterocycles. The summed E-state index contributed by atoms with van der Waals surface area (Å²) < 4.78 is 5.30. The van der Waals surface area contributed by atoms with E-state index in [1.807, 2.05) is 19.1 Å². The summed E-state index contributed by atoms with van der Waals surface area (Å²) in [5, 5.41) is 6.69. The summed E-state index contributed by atoms with van der Waals surface area (Å²) in [6.45, 7) is 9.48. The SMILES string of the molecule is C=C(C)CNC(=NCC(=O)N(C)C)NCC(c1ccc(OC)cc1)N1CCCC1. The lowest BCUT2D eigenvalue weighted by Crippen LogP contribution is -2.43. The van der Waals surface area contributed by atoms with Crippen LogP contribution >= 0.6 is 0 Å². The van der Waals surface area contributed by atoms with Gasteiger partial charge in [-0.25, -0.2) is 4.99 Å². The normalized spacial score (nSPS) is 15.7. The van der Waals surface area contributed by atoms with Crippen molar-refractivity contribution in [2.45, 2.75) is 25.8 Å².